The van der Waals surface area contributed by atoms with Gasteiger partial charge in [0.05, 0.1) is 24.5 Å². The molecule has 1 amide bonds. The summed E-state index contributed by atoms with van der Waals surface area (Å²) in [6.45, 7) is 0.582. The number of para-hydroxylation sites is 2. The number of amides is 1. The molecule has 0 saturated carbocycles. The van der Waals surface area contributed by atoms with Crippen molar-refractivity contribution >= 4 is 5.91 Å². The van der Waals surface area contributed by atoms with Crippen molar-refractivity contribution in [2.45, 2.75) is 12.5 Å². The number of nitrogens with zero attached hydrogens (tertiary/aromatic N) is 3. The second-order valence-corrected chi connectivity index (χ2v) is 5.56. The molecule has 1 N–H and O–H groups in total. The van der Waals surface area contributed by atoms with Crippen molar-refractivity contribution in [3.63, 3.8) is 0 Å². The van der Waals surface area contributed by atoms with Crippen molar-refractivity contribution in [3.05, 3.63) is 72.1 Å². The van der Waals surface area contributed by atoms with Crippen molar-refractivity contribution in [3.8, 4) is 11.4 Å². The Hall–Kier alpha value is -3.15. The van der Waals surface area contributed by atoms with Crippen LogP contribution in [0.5, 0.6) is 5.75 Å². The van der Waals surface area contributed by atoms with E-state index in [0.717, 1.165) is 23.4 Å². The standard InChI is InChI=1S/C18H16N4O2/c23-18(16-12-19-22(21-16)13-6-2-1-3-7-13)20-15-10-11-24-17-9-5-4-8-14(15)17/h1-9,12,15H,10-11H2,(H,20,23). The minimum absolute atomic E-state index is 0.0793. The fraction of sp³-hybridized carbons (Fsp3) is 0.167. The molecule has 0 spiro atoms. The maximum Gasteiger partial charge on any atom is 0.273 e. The van der Waals surface area contributed by atoms with E-state index in [4.69, 9.17) is 4.74 Å². The monoisotopic (exact) mass is 320 g/mol. The molecular weight excluding hydrogens is 304 g/mol. The Bertz CT molecular complexity index is 860. The predicted octanol–water partition coefficient (Wildman–Crippen LogP) is 2.52. The largest absolute Gasteiger partial charge is 0.493 e. The van der Waals surface area contributed by atoms with E-state index in [9.17, 15) is 4.79 Å². The molecule has 1 aliphatic rings. The molecule has 3 aromatic rings. The summed E-state index contributed by atoms with van der Waals surface area (Å²) in [6, 6.07) is 17.2. The van der Waals surface area contributed by atoms with Crippen molar-refractivity contribution in [1.29, 1.82) is 0 Å². The van der Waals surface area contributed by atoms with Gasteiger partial charge in [0.15, 0.2) is 5.69 Å². The third-order valence-electron chi connectivity index (χ3n) is 3.98. The highest BCUT2D eigenvalue weighted by Gasteiger charge is 2.24. The first-order valence-electron chi connectivity index (χ1n) is 7.81. The number of nitrogens with one attached hydrogen (secondary N) is 1. The Kier molecular flexibility index (Phi) is 3.70. The van der Waals surface area contributed by atoms with Gasteiger partial charge in [0.25, 0.3) is 5.91 Å². The molecule has 1 aliphatic heterocycles. The third kappa shape index (κ3) is 2.74. The molecule has 0 radical (unpaired) electrons. The summed E-state index contributed by atoms with van der Waals surface area (Å²) in [5, 5.41) is 11.5. The van der Waals surface area contributed by atoms with Crippen LogP contribution in [0.25, 0.3) is 5.69 Å². The van der Waals surface area contributed by atoms with Gasteiger partial charge in [0, 0.05) is 12.0 Å². The quantitative estimate of drug-likeness (QED) is 0.805. The Balaban J connectivity index is 1.53. The van der Waals surface area contributed by atoms with Gasteiger partial charge in [-0.3, -0.25) is 4.79 Å². The van der Waals surface area contributed by atoms with Gasteiger partial charge in [-0.05, 0) is 18.2 Å². The molecule has 2 heterocycles. The highest BCUT2D eigenvalue weighted by molar-refractivity contribution is 5.92. The van der Waals surface area contributed by atoms with E-state index >= 15 is 0 Å². The average molecular weight is 320 g/mol. The van der Waals surface area contributed by atoms with E-state index in [1.54, 1.807) is 0 Å². The molecule has 0 aliphatic carbocycles. The van der Waals surface area contributed by atoms with E-state index in [1.807, 2.05) is 54.6 Å². The number of carbonyl (C=O) groups is 1. The topological polar surface area (TPSA) is 69.0 Å². The minimum atomic E-state index is -0.237. The Morgan fingerprint density at radius 1 is 1.12 bits per heavy atom. The number of hydrogen-bond donors (Lipinski definition) is 1. The molecule has 0 saturated heterocycles. The van der Waals surface area contributed by atoms with Crippen LogP contribution in [0.4, 0.5) is 0 Å². The highest BCUT2D eigenvalue weighted by atomic mass is 16.5. The Morgan fingerprint density at radius 3 is 2.79 bits per heavy atom. The summed E-state index contributed by atoms with van der Waals surface area (Å²) < 4.78 is 5.62. The van der Waals surface area contributed by atoms with Gasteiger partial charge in [-0.2, -0.15) is 9.90 Å². The van der Waals surface area contributed by atoms with Gasteiger partial charge >= 0.3 is 0 Å². The summed E-state index contributed by atoms with van der Waals surface area (Å²) in [5.41, 5.74) is 2.10. The molecule has 4 rings (SSSR count). The summed E-state index contributed by atoms with van der Waals surface area (Å²) in [6.07, 6.45) is 2.21. The lowest BCUT2D eigenvalue weighted by molar-refractivity contribution is 0.0919. The Morgan fingerprint density at radius 2 is 1.92 bits per heavy atom. The smallest absolute Gasteiger partial charge is 0.273 e. The molecule has 0 bridgehead atoms. The zero-order valence-electron chi connectivity index (χ0n) is 12.9. The molecule has 1 atom stereocenters. The van der Waals surface area contributed by atoms with Gasteiger partial charge in [0.2, 0.25) is 0 Å². The summed E-state index contributed by atoms with van der Waals surface area (Å²) >= 11 is 0. The normalized spacial score (nSPS) is 16.1. The maximum atomic E-state index is 12.5. The van der Waals surface area contributed by atoms with Gasteiger partial charge in [-0.25, -0.2) is 0 Å². The number of rotatable bonds is 3. The number of ether oxygens (including phenoxy) is 1. The first kappa shape index (κ1) is 14.4. The lowest BCUT2D eigenvalue weighted by Gasteiger charge is -2.26. The zero-order valence-corrected chi connectivity index (χ0v) is 12.9. The van der Waals surface area contributed by atoms with Gasteiger partial charge in [0.1, 0.15) is 5.75 Å². The molecule has 0 fully saturated rings. The third-order valence-corrected chi connectivity index (χ3v) is 3.98. The van der Waals surface area contributed by atoms with Crippen LogP contribution in [0.1, 0.15) is 28.5 Å². The minimum Gasteiger partial charge on any atom is -0.493 e. The fourth-order valence-electron chi connectivity index (χ4n) is 2.78. The zero-order chi connectivity index (χ0) is 16.4. The van der Waals surface area contributed by atoms with Crippen LogP contribution in [0.3, 0.4) is 0 Å². The first-order valence-corrected chi connectivity index (χ1v) is 7.81. The number of fused-ring (bicyclic) bond motifs is 1. The van der Waals surface area contributed by atoms with Crippen LogP contribution in [-0.2, 0) is 0 Å². The lowest BCUT2D eigenvalue weighted by Crippen LogP contribution is -2.32. The van der Waals surface area contributed by atoms with Crippen LogP contribution >= 0.6 is 0 Å². The number of benzene rings is 2. The van der Waals surface area contributed by atoms with Crippen LogP contribution in [0.15, 0.2) is 60.8 Å². The fourth-order valence-corrected chi connectivity index (χ4v) is 2.78. The second-order valence-electron chi connectivity index (χ2n) is 5.56. The summed E-state index contributed by atoms with van der Waals surface area (Å²) in [4.78, 5) is 14.0. The lowest BCUT2D eigenvalue weighted by atomic mass is 10.0. The van der Waals surface area contributed by atoms with Crippen LogP contribution in [0.2, 0.25) is 0 Å². The van der Waals surface area contributed by atoms with Crippen molar-refractivity contribution in [2.24, 2.45) is 0 Å². The van der Waals surface area contributed by atoms with Gasteiger partial charge in [-0.1, -0.05) is 36.4 Å². The molecular formula is C18H16N4O2. The number of carbonyl (C=O) groups excluding carboxylic acids is 1. The van der Waals surface area contributed by atoms with Gasteiger partial charge < -0.3 is 10.1 Å². The molecule has 1 aromatic heterocycles. The van der Waals surface area contributed by atoms with Crippen molar-refractivity contribution in [1.82, 2.24) is 20.3 Å². The maximum absolute atomic E-state index is 12.5. The molecule has 1 unspecified atom stereocenters. The van der Waals surface area contributed by atoms with Crippen LogP contribution < -0.4 is 10.1 Å². The van der Waals surface area contributed by atoms with E-state index in [2.05, 4.69) is 15.5 Å². The van der Waals surface area contributed by atoms with Crippen molar-refractivity contribution < 1.29 is 9.53 Å². The summed E-state index contributed by atoms with van der Waals surface area (Å²) in [5.74, 6) is 0.584. The van der Waals surface area contributed by atoms with Gasteiger partial charge in [-0.15, -0.1) is 5.10 Å². The second kappa shape index (κ2) is 6.16. The van der Waals surface area contributed by atoms with E-state index in [0.29, 0.717) is 12.3 Å². The van der Waals surface area contributed by atoms with Crippen molar-refractivity contribution in [2.75, 3.05) is 6.61 Å². The Labute approximate surface area is 139 Å². The SMILES string of the molecule is O=C(NC1CCOc2ccccc21)c1cnn(-c2ccccc2)n1. The molecule has 2 aromatic carbocycles. The number of aromatic nitrogens is 3. The van der Waals surface area contributed by atoms with E-state index in [1.165, 1.54) is 11.0 Å². The first-order chi connectivity index (χ1) is 11.8. The predicted molar refractivity (Wildman–Crippen MR) is 88.1 cm³/mol. The summed E-state index contributed by atoms with van der Waals surface area (Å²) in [7, 11) is 0. The highest BCUT2D eigenvalue weighted by Crippen LogP contribution is 2.31. The molecule has 6 nitrogen and oxygen atoms in total. The van der Waals surface area contributed by atoms with Crippen LogP contribution in [-0.4, -0.2) is 27.5 Å². The molecule has 24 heavy (non-hydrogen) atoms. The van der Waals surface area contributed by atoms with Crippen LogP contribution in [0, 0.1) is 0 Å². The van der Waals surface area contributed by atoms with E-state index in [-0.39, 0.29) is 11.9 Å². The van der Waals surface area contributed by atoms with E-state index < -0.39 is 0 Å². The number of hydrogen-bond acceptors (Lipinski definition) is 4. The molecule has 120 valence electrons. The molecule has 6 heteroatoms. The average Bonchev–Trinajstić information content (AvgIpc) is 3.13.